The van der Waals surface area contributed by atoms with Gasteiger partial charge >= 0.3 is 0 Å². The molecule has 92 valence electrons. The first-order chi connectivity index (χ1) is 7.49. The molecule has 1 saturated carbocycles. The highest BCUT2D eigenvalue weighted by Crippen LogP contribution is 2.37. The standard InChI is InChI=1S/C11H21N3O2/c1-8(9(12)14-16)7-13-10(15)11(2)5-3-4-6-11/h8,16H,3-7H2,1-2H3,(H2,12,14)(H,13,15). The summed E-state index contributed by atoms with van der Waals surface area (Å²) < 4.78 is 0. The van der Waals surface area contributed by atoms with Crippen LogP contribution in [0, 0.1) is 11.3 Å². The Kier molecular flexibility index (Phi) is 4.15. The largest absolute Gasteiger partial charge is 0.409 e. The van der Waals surface area contributed by atoms with Gasteiger partial charge < -0.3 is 16.3 Å². The summed E-state index contributed by atoms with van der Waals surface area (Å²) >= 11 is 0. The Balaban J connectivity index is 2.41. The normalized spacial score (nSPS) is 21.8. The summed E-state index contributed by atoms with van der Waals surface area (Å²) in [6.07, 6.45) is 4.16. The van der Waals surface area contributed by atoms with Crippen LogP contribution < -0.4 is 11.1 Å². The van der Waals surface area contributed by atoms with E-state index in [2.05, 4.69) is 10.5 Å². The number of rotatable bonds is 4. The predicted octanol–water partition coefficient (Wildman–Crippen LogP) is 1.07. The van der Waals surface area contributed by atoms with E-state index in [-0.39, 0.29) is 23.1 Å². The van der Waals surface area contributed by atoms with Crippen molar-refractivity contribution in [3.63, 3.8) is 0 Å². The first-order valence-electron chi connectivity index (χ1n) is 5.75. The highest BCUT2D eigenvalue weighted by molar-refractivity contribution is 5.85. The van der Waals surface area contributed by atoms with Gasteiger partial charge in [-0.2, -0.15) is 0 Å². The van der Waals surface area contributed by atoms with E-state index in [1.54, 1.807) is 0 Å². The quantitative estimate of drug-likeness (QED) is 0.290. The summed E-state index contributed by atoms with van der Waals surface area (Å²) in [5.74, 6) is 0.0958. The highest BCUT2D eigenvalue weighted by atomic mass is 16.4. The molecular formula is C11H21N3O2. The minimum absolute atomic E-state index is 0.0857. The van der Waals surface area contributed by atoms with Gasteiger partial charge in [0.25, 0.3) is 0 Å². The van der Waals surface area contributed by atoms with Crippen molar-refractivity contribution < 1.29 is 10.0 Å². The lowest BCUT2D eigenvalue weighted by molar-refractivity contribution is -0.129. The fourth-order valence-corrected chi connectivity index (χ4v) is 2.04. The number of carbonyl (C=O) groups is 1. The summed E-state index contributed by atoms with van der Waals surface area (Å²) in [6.45, 7) is 4.24. The molecule has 1 rings (SSSR count). The number of nitrogens with one attached hydrogen (secondary N) is 1. The van der Waals surface area contributed by atoms with Crippen LogP contribution in [0.2, 0.25) is 0 Å². The maximum absolute atomic E-state index is 11.9. The summed E-state index contributed by atoms with van der Waals surface area (Å²) in [7, 11) is 0. The van der Waals surface area contributed by atoms with Crippen molar-refractivity contribution in [1.82, 2.24) is 5.32 Å². The van der Waals surface area contributed by atoms with Gasteiger partial charge in [0.15, 0.2) is 0 Å². The molecule has 0 aliphatic heterocycles. The number of nitrogens with zero attached hydrogens (tertiary/aromatic N) is 1. The molecule has 1 fully saturated rings. The molecule has 1 unspecified atom stereocenters. The molecule has 0 aromatic heterocycles. The Hall–Kier alpha value is -1.26. The zero-order chi connectivity index (χ0) is 12.2. The van der Waals surface area contributed by atoms with E-state index in [4.69, 9.17) is 10.9 Å². The minimum Gasteiger partial charge on any atom is -0.409 e. The number of amides is 1. The van der Waals surface area contributed by atoms with Gasteiger partial charge in [0.2, 0.25) is 5.91 Å². The Morgan fingerprint density at radius 3 is 2.62 bits per heavy atom. The van der Waals surface area contributed by atoms with E-state index in [1.807, 2.05) is 13.8 Å². The minimum atomic E-state index is -0.217. The lowest BCUT2D eigenvalue weighted by atomic mass is 9.87. The van der Waals surface area contributed by atoms with Crippen LogP contribution in [-0.2, 0) is 4.79 Å². The lowest BCUT2D eigenvalue weighted by Crippen LogP contribution is -2.41. The van der Waals surface area contributed by atoms with E-state index >= 15 is 0 Å². The second kappa shape index (κ2) is 5.18. The van der Waals surface area contributed by atoms with Gasteiger partial charge in [-0.25, -0.2) is 0 Å². The topological polar surface area (TPSA) is 87.7 Å². The molecular weight excluding hydrogens is 206 g/mol. The van der Waals surface area contributed by atoms with Crippen molar-refractivity contribution in [2.45, 2.75) is 39.5 Å². The number of amidine groups is 1. The third-order valence-electron chi connectivity index (χ3n) is 3.44. The van der Waals surface area contributed by atoms with Crippen LogP contribution in [0.25, 0.3) is 0 Å². The zero-order valence-corrected chi connectivity index (χ0v) is 9.99. The molecule has 0 radical (unpaired) electrons. The molecule has 0 saturated heterocycles. The molecule has 1 aliphatic rings. The van der Waals surface area contributed by atoms with Crippen LogP contribution in [0.4, 0.5) is 0 Å². The third kappa shape index (κ3) is 2.87. The SMILES string of the molecule is CC(CNC(=O)C1(C)CCCC1)C(N)=NO. The number of hydrogen-bond donors (Lipinski definition) is 3. The van der Waals surface area contributed by atoms with Crippen LogP contribution in [0.3, 0.4) is 0 Å². The van der Waals surface area contributed by atoms with E-state index in [9.17, 15) is 4.79 Å². The first kappa shape index (κ1) is 12.8. The van der Waals surface area contributed by atoms with E-state index < -0.39 is 0 Å². The van der Waals surface area contributed by atoms with Gasteiger partial charge in [0, 0.05) is 17.9 Å². The van der Waals surface area contributed by atoms with E-state index in [0.717, 1.165) is 25.7 Å². The summed E-state index contributed by atoms with van der Waals surface area (Å²) in [4.78, 5) is 11.9. The molecule has 0 aromatic rings. The first-order valence-corrected chi connectivity index (χ1v) is 5.75. The number of hydrogen-bond acceptors (Lipinski definition) is 3. The zero-order valence-electron chi connectivity index (χ0n) is 9.99. The van der Waals surface area contributed by atoms with Crippen LogP contribution in [-0.4, -0.2) is 23.5 Å². The van der Waals surface area contributed by atoms with Crippen molar-refractivity contribution in [3.8, 4) is 0 Å². The average Bonchev–Trinajstić information content (AvgIpc) is 2.72. The molecule has 0 spiro atoms. The number of nitrogens with two attached hydrogens (primary N) is 1. The number of oxime groups is 1. The molecule has 1 atom stereocenters. The maximum atomic E-state index is 11.9. The Bertz CT molecular complexity index is 283. The van der Waals surface area contributed by atoms with Crippen molar-refractivity contribution in [2.24, 2.45) is 22.2 Å². The smallest absolute Gasteiger partial charge is 0.225 e. The van der Waals surface area contributed by atoms with E-state index in [1.165, 1.54) is 0 Å². The molecule has 16 heavy (non-hydrogen) atoms. The Morgan fingerprint density at radius 1 is 1.56 bits per heavy atom. The van der Waals surface area contributed by atoms with Crippen LogP contribution >= 0.6 is 0 Å². The second-order valence-electron chi connectivity index (χ2n) is 4.90. The lowest BCUT2D eigenvalue weighted by Gasteiger charge is -2.23. The molecule has 5 nitrogen and oxygen atoms in total. The Morgan fingerprint density at radius 2 is 2.12 bits per heavy atom. The molecule has 1 aliphatic carbocycles. The second-order valence-corrected chi connectivity index (χ2v) is 4.90. The highest BCUT2D eigenvalue weighted by Gasteiger charge is 2.36. The maximum Gasteiger partial charge on any atom is 0.225 e. The number of carbonyl (C=O) groups excluding carboxylic acids is 1. The monoisotopic (exact) mass is 227 g/mol. The molecule has 0 heterocycles. The molecule has 4 N–H and O–H groups in total. The third-order valence-corrected chi connectivity index (χ3v) is 3.44. The van der Waals surface area contributed by atoms with Crippen molar-refractivity contribution in [3.05, 3.63) is 0 Å². The molecule has 1 amide bonds. The van der Waals surface area contributed by atoms with Gasteiger partial charge in [-0.15, -0.1) is 0 Å². The van der Waals surface area contributed by atoms with Gasteiger partial charge in [0.1, 0.15) is 5.84 Å². The van der Waals surface area contributed by atoms with Crippen molar-refractivity contribution in [2.75, 3.05) is 6.54 Å². The van der Waals surface area contributed by atoms with Gasteiger partial charge in [0.05, 0.1) is 0 Å². The van der Waals surface area contributed by atoms with Gasteiger partial charge in [-0.1, -0.05) is 31.8 Å². The fourth-order valence-electron chi connectivity index (χ4n) is 2.04. The molecule has 0 aromatic carbocycles. The van der Waals surface area contributed by atoms with Gasteiger partial charge in [-0.3, -0.25) is 4.79 Å². The summed E-state index contributed by atoms with van der Waals surface area (Å²) in [5, 5.41) is 14.3. The summed E-state index contributed by atoms with van der Waals surface area (Å²) in [6, 6.07) is 0. The molecule has 5 heteroatoms. The van der Waals surface area contributed by atoms with Crippen molar-refractivity contribution in [1.29, 1.82) is 0 Å². The van der Waals surface area contributed by atoms with Crippen LogP contribution in [0.5, 0.6) is 0 Å². The summed E-state index contributed by atoms with van der Waals surface area (Å²) in [5.41, 5.74) is 5.22. The van der Waals surface area contributed by atoms with E-state index in [0.29, 0.717) is 6.54 Å². The van der Waals surface area contributed by atoms with Crippen molar-refractivity contribution >= 4 is 11.7 Å². The molecule has 0 bridgehead atoms. The fraction of sp³-hybridized carbons (Fsp3) is 0.818. The van der Waals surface area contributed by atoms with Gasteiger partial charge in [-0.05, 0) is 12.8 Å². The predicted molar refractivity (Wildman–Crippen MR) is 62.2 cm³/mol. The van der Waals surface area contributed by atoms with Crippen LogP contribution in [0.15, 0.2) is 5.16 Å². The van der Waals surface area contributed by atoms with Crippen LogP contribution in [0.1, 0.15) is 39.5 Å². The Labute approximate surface area is 96.1 Å². The average molecular weight is 227 g/mol.